The first-order valence-corrected chi connectivity index (χ1v) is 4.47. The van der Waals surface area contributed by atoms with Crippen LogP contribution in [0.1, 0.15) is 5.56 Å². The number of aromatic nitrogens is 2. The lowest BCUT2D eigenvalue weighted by atomic mass is 10.3. The highest BCUT2D eigenvalue weighted by molar-refractivity contribution is 6.29. The van der Waals surface area contributed by atoms with Gasteiger partial charge < -0.3 is 5.73 Å². The van der Waals surface area contributed by atoms with Gasteiger partial charge in [-0.05, 0) is 12.1 Å². The summed E-state index contributed by atoms with van der Waals surface area (Å²) < 4.78 is 1.34. The maximum absolute atomic E-state index is 11.7. The molecule has 0 unspecified atom stereocenters. The Morgan fingerprint density at radius 2 is 2.29 bits per heavy atom. The normalized spacial score (nSPS) is 10.7. The molecule has 0 aliphatic carbocycles. The van der Waals surface area contributed by atoms with Gasteiger partial charge in [0.1, 0.15) is 10.8 Å². The lowest BCUT2D eigenvalue weighted by Crippen LogP contribution is -2.21. The second-order valence-electron chi connectivity index (χ2n) is 2.83. The van der Waals surface area contributed by atoms with E-state index in [0.717, 1.165) is 0 Å². The van der Waals surface area contributed by atoms with Crippen molar-refractivity contribution in [1.82, 2.24) is 9.38 Å². The number of halogens is 1. The number of nitrogens with zero attached hydrogens (tertiary/aromatic N) is 2. The van der Waals surface area contributed by atoms with Crippen LogP contribution in [0.5, 0.6) is 0 Å². The molecule has 72 valence electrons. The third-order valence-electron chi connectivity index (χ3n) is 1.97. The Bertz CT molecular complexity index is 535. The Morgan fingerprint density at radius 1 is 1.50 bits per heavy atom. The Labute approximate surface area is 84.9 Å². The fourth-order valence-corrected chi connectivity index (χ4v) is 1.49. The maximum Gasteiger partial charge on any atom is 0.263 e. The summed E-state index contributed by atoms with van der Waals surface area (Å²) in [5.41, 5.74) is 6.17. The molecule has 0 aliphatic rings. The van der Waals surface area contributed by atoms with Crippen LogP contribution in [-0.4, -0.2) is 9.38 Å². The van der Waals surface area contributed by atoms with Gasteiger partial charge in [0.2, 0.25) is 0 Å². The molecule has 0 amide bonds. The van der Waals surface area contributed by atoms with E-state index in [1.165, 1.54) is 10.6 Å². The van der Waals surface area contributed by atoms with Crippen molar-refractivity contribution < 1.29 is 0 Å². The van der Waals surface area contributed by atoms with Crippen molar-refractivity contribution in [3.05, 3.63) is 45.5 Å². The van der Waals surface area contributed by atoms with E-state index in [1.54, 1.807) is 18.2 Å². The molecule has 0 spiro atoms. The summed E-state index contributed by atoms with van der Waals surface area (Å²) in [5.74, 6) is 0. The highest BCUT2D eigenvalue weighted by Gasteiger charge is 2.04. The average Bonchev–Trinajstić information content (AvgIpc) is 2.18. The molecule has 2 aromatic rings. The van der Waals surface area contributed by atoms with Crippen LogP contribution >= 0.6 is 11.6 Å². The zero-order valence-electron chi connectivity index (χ0n) is 7.27. The zero-order chi connectivity index (χ0) is 10.1. The van der Waals surface area contributed by atoms with Gasteiger partial charge in [-0.1, -0.05) is 17.7 Å². The number of rotatable bonds is 1. The molecule has 2 aromatic heterocycles. The number of pyridine rings is 1. The minimum absolute atomic E-state index is 0.167. The van der Waals surface area contributed by atoms with Crippen molar-refractivity contribution in [3.8, 4) is 0 Å². The molecular weight excluding hydrogens is 202 g/mol. The largest absolute Gasteiger partial charge is 0.326 e. The van der Waals surface area contributed by atoms with E-state index in [4.69, 9.17) is 17.3 Å². The Morgan fingerprint density at radius 3 is 3.00 bits per heavy atom. The lowest BCUT2D eigenvalue weighted by Gasteiger charge is -2.03. The van der Waals surface area contributed by atoms with Gasteiger partial charge in [-0.25, -0.2) is 4.98 Å². The van der Waals surface area contributed by atoms with Crippen LogP contribution in [0.15, 0.2) is 29.2 Å². The monoisotopic (exact) mass is 209 g/mol. The quantitative estimate of drug-likeness (QED) is 0.707. The van der Waals surface area contributed by atoms with E-state index in [-0.39, 0.29) is 12.1 Å². The molecule has 0 aliphatic heterocycles. The van der Waals surface area contributed by atoms with E-state index in [0.29, 0.717) is 16.4 Å². The summed E-state index contributed by atoms with van der Waals surface area (Å²) in [5, 5.41) is 0.343. The van der Waals surface area contributed by atoms with Gasteiger partial charge in [-0.3, -0.25) is 9.20 Å². The number of hydrogen-bond donors (Lipinski definition) is 1. The summed E-state index contributed by atoms with van der Waals surface area (Å²) in [6, 6.07) is 5.09. The number of fused-ring (bicyclic) bond motifs is 1. The Hall–Kier alpha value is -1.39. The van der Waals surface area contributed by atoms with Gasteiger partial charge in [0.05, 0.1) is 0 Å². The predicted octanol–water partition coefficient (Wildman–Crippen LogP) is 0.807. The third kappa shape index (κ3) is 1.29. The molecule has 2 rings (SSSR count). The van der Waals surface area contributed by atoms with Crippen molar-refractivity contribution in [2.24, 2.45) is 5.73 Å². The molecule has 0 atom stereocenters. The molecule has 0 aromatic carbocycles. The van der Waals surface area contributed by atoms with Crippen LogP contribution in [0.4, 0.5) is 0 Å². The van der Waals surface area contributed by atoms with Crippen molar-refractivity contribution in [3.63, 3.8) is 0 Å². The first kappa shape index (κ1) is 9.18. The Kier molecular flexibility index (Phi) is 2.23. The second-order valence-corrected chi connectivity index (χ2v) is 3.22. The van der Waals surface area contributed by atoms with E-state index < -0.39 is 0 Å². The second kappa shape index (κ2) is 3.40. The SMILES string of the molecule is NCc1cnc2cccc(Cl)n2c1=O. The third-order valence-corrected chi connectivity index (χ3v) is 2.27. The minimum Gasteiger partial charge on any atom is -0.326 e. The van der Waals surface area contributed by atoms with Crippen LogP contribution in [0, 0.1) is 0 Å². The molecule has 0 bridgehead atoms. The summed E-state index contributed by atoms with van der Waals surface area (Å²) >= 11 is 5.87. The first-order chi connectivity index (χ1) is 6.74. The van der Waals surface area contributed by atoms with Crippen molar-refractivity contribution >= 4 is 17.2 Å². The summed E-state index contributed by atoms with van der Waals surface area (Å²) in [6.07, 6.45) is 1.48. The van der Waals surface area contributed by atoms with Gasteiger partial charge in [0.15, 0.2) is 0 Å². The number of hydrogen-bond acceptors (Lipinski definition) is 3. The molecule has 0 saturated carbocycles. The predicted molar refractivity (Wildman–Crippen MR) is 54.4 cm³/mol. The molecule has 0 radical (unpaired) electrons. The molecule has 0 saturated heterocycles. The van der Waals surface area contributed by atoms with Crippen molar-refractivity contribution in [2.75, 3.05) is 0 Å². The van der Waals surface area contributed by atoms with Gasteiger partial charge in [-0.2, -0.15) is 0 Å². The summed E-state index contributed by atoms with van der Waals surface area (Å²) in [7, 11) is 0. The highest BCUT2D eigenvalue weighted by atomic mass is 35.5. The van der Waals surface area contributed by atoms with Gasteiger partial charge in [-0.15, -0.1) is 0 Å². The van der Waals surface area contributed by atoms with Crippen LogP contribution in [0.3, 0.4) is 0 Å². The van der Waals surface area contributed by atoms with Crippen LogP contribution in [0.2, 0.25) is 5.15 Å². The first-order valence-electron chi connectivity index (χ1n) is 4.09. The molecule has 4 nitrogen and oxygen atoms in total. The minimum atomic E-state index is -0.205. The molecule has 0 fully saturated rings. The maximum atomic E-state index is 11.7. The molecule has 14 heavy (non-hydrogen) atoms. The van der Waals surface area contributed by atoms with Gasteiger partial charge >= 0.3 is 0 Å². The Balaban J connectivity index is 2.94. The fraction of sp³-hybridized carbons (Fsp3) is 0.111. The van der Waals surface area contributed by atoms with Crippen molar-refractivity contribution in [1.29, 1.82) is 0 Å². The molecular formula is C9H8ClN3O. The fourth-order valence-electron chi connectivity index (χ4n) is 1.26. The lowest BCUT2D eigenvalue weighted by molar-refractivity contribution is 0.946. The topological polar surface area (TPSA) is 60.4 Å². The standard InChI is InChI=1S/C9H8ClN3O/c10-7-2-1-3-8-12-5-6(4-11)9(14)13(7)8/h1-3,5H,4,11H2. The highest BCUT2D eigenvalue weighted by Crippen LogP contribution is 2.08. The molecule has 5 heteroatoms. The smallest absolute Gasteiger partial charge is 0.263 e. The van der Waals surface area contributed by atoms with Gasteiger partial charge in [0, 0.05) is 18.3 Å². The van der Waals surface area contributed by atoms with Crippen LogP contribution < -0.4 is 11.3 Å². The summed E-state index contributed by atoms with van der Waals surface area (Å²) in [4.78, 5) is 15.8. The average molecular weight is 210 g/mol. The molecule has 2 N–H and O–H groups in total. The van der Waals surface area contributed by atoms with E-state index >= 15 is 0 Å². The molecule has 2 heterocycles. The summed E-state index contributed by atoms with van der Waals surface area (Å²) in [6.45, 7) is 0.167. The van der Waals surface area contributed by atoms with Crippen molar-refractivity contribution in [2.45, 2.75) is 6.54 Å². The number of nitrogens with two attached hydrogens (primary N) is 1. The van der Waals surface area contributed by atoms with E-state index in [1.807, 2.05) is 0 Å². The van der Waals surface area contributed by atoms with Gasteiger partial charge in [0.25, 0.3) is 5.56 Å². The van der Waals surface area contributed by atoms with E-state index in [9.17, 15) is 4.79 Å². The van der Waals surface area contributed by atoms with E-state index in [2.05, 4.69) is 4.98 Å². The zero-order valence-corrected chi connectivity index (χ0v) is 8.03. The van der Waals surface area contributed by atoms with Crippen LogP contribution in [-0.2, 0) is 6.54 Å². The van der Waals surface area contributed by atoms with Crippen LogP contribution in [0.25, 0.3) is 5.65 Å².